The second-order valence-electron chi connectivity index (χ2n) is 8.78. The van der Waals surface area contributed by atoms with Gasteiger partial charge in [0.05, 0.1) is 13.2 Å². The largest absolute Gasteiger partial charge is 0.508 e. The van der Waals surface area contributed by atoms with Gasteiger partial charge in [-0.1, -0.05) is 26.0 Å². The molecule has 34 heavy (non-hydrogen) atoms. The summed E-state index contributed by atoms with van der Waals surface area (Å²) in [6.45, 7) is 7.41. The number of hydrogen-bond acceptors (Lipinski definition) is 8. The summed E-state index contributed by atoms with van der Waals surface area (Å²) in [5, 5.41) is 24.2. The Labute approximate surface area is 199 Å². The standard InChI is InChI=1S/C23H32N4O7/c1-14(2)18(26-22(32)34-23(3,4)5)21(31)27(11-10-24)19(15-8-7-9-16(28)12-15)20(30)25-13-17(29)33-6/h7-9,12,14,18-19,28H,11,13H2,1-6H3,(H,25,30)(H,26,32). The number of carbonyl (C=O) groups excluding carboxylic acids is 4. The molecule has 2 atom stereocenters. The highest BCUT2D eigenvalue weighted by Crippen LogP contribution is 2.26. The van der Waals surface area contributed by atoms with Crippen molar-refractivity contribution < 1.29 is 33.8 Å². The van der Waals surface area contributed by atoms with Gasteiger partial charge in [-0.15, -0.1) is 0 Å². The number of nitrogens with zero attached hydrogens (tertiary/aromatic N) is 2. The van der Waals surface area contributed by atoms with Crippen molar-refractivity contribution in [1.82, 2.24) is 15.5 Å². The van der Waals surface area contributed by atoms with Gasteiger partial charge in [-0.2, -0.15) is 5.26 Å². The molecule has 0 aliphatic heterocycles. The molecule has 3 N–H and O–H groups in total. The quantitative estimate of drug-likeness (QED) is 0.358. The number of rotatable bonds is 9. The predicted molar refractivity (Wildman–Crippen MR) is 121 cm³/mol. The lowest BCUT2D eigenvalue weighted by molar-refractivity contribution is -0.144. The van der Waals surface area contributed by atoms with Gasteiger partial charge in [0.15, 0.2) is 0 Å². The minimum Gasteiger partial charge on any atom is -0.508 e. The number of ether oxygens (including phenoxy) is 2. The highest BCUT2D eigenvalue weighted by Gasteiger charge is 2.37. The first-order chi connectivity index (χ1) is 15.8. The summed E-state index contributed by atoms with van der Waals surface area (Å²) >= 11 is 0. The van der Waals surface area contributed by atoms with Gasteiger partial charge in [0.25, 0.3) is 0 Å². The van der Waals surface area contributed by atoms with Gasteiger partial charge >= 0.3 is 12.1 Å². The van der Waals surface area contributed by atoms with Crippen molar-refractivity contribution in [2.75, 3.05) is 20.2 Å². The summed E-state index contributed by atoms with van der Waals surface area (Å²) in [5.41, 5.74) is -0.607. The smallest absolute Gasteiger partial charge is 0.408 e. The fourth-order valence-corrected chi connectivity index (χ4v) is 3.00. The molecule has 11 nitrogen and oxygen atoms in total. The van der Waals surface area contributed by atoms with Crippen LogP contribution in [0.4, 0.5) is 4.79 Å². The first-order valence-corrected chi connectivity index (χ1v) is 10.6. The third-order valence-electron chi connectivity index (χ3n) is 4.51. The van der Waals surface area contributed by atoms with Crippen LogP contribution in [-0.4, -0.2) is 65.7 Å². The number of benzene rings is 1. The average molecular weight is 477 g/mol. The Kier molecular flexibility index (Phi) is 10.3. The highest BCUT2D eigenvalue weighted by atomic mass is 16.6. The number of phenols is 1. The topological polar surface area (TPSA) is 158 Å². The zero-order valence-electron chi connectivity index (χ0n) is 20.2. The number of hydrogen-bond donors (Lipinski definition) is 3. The van der Waals surface area contributed by atoms with E-state index in [0.29, 0.717) is 0 Å². The fourth-order valence-electron chi connectivity index (χ4n) is 3.00. The lowest BCUT2D eigenvalue weighted by Gasteiger charge is -2.34. The van der Waals surface area contributed by atoms with E-state index in [0.717, 1.165) is 12.0 Å². The molecular formula is C23H32N4O7. The SMILES string of the molecule is COC(=O)CNC(=O)C(c1cccc(O)c1)N(CC#N)C(=O)C(NC(=O)OC(C)(C)C)C(C)C. The highest BCUT2D eigenvalue weighted by molar-refractivity contribution is 5.93. The van der Waals surface area contributed by atoms with Crippen LogP contribution in [0.1, 0.15) is 46.2 Å². The van der Waals surface area contributed by atoms with Gasteiger partial charge in [0.1, 0.15) is 36.5 Å². The van der Waals surface area contributed by atoms with E-state index in [1.807, 2.05) is 6.07 Å². The van der Waals surface area contributed by atoms with Crippen LogP contribution in [0.5, 0.6) is 5.75 Å². The molecule has 0 saturated heterocycles. The van der Waals surface area contributed by atoms with Gasteiger partial charge in [0, 0.05) is 0 Å². The van der Waals surface area contributed by atoms with Gasteiger partial charge < -0.3 is 30.1 Å². The minimum atomic E-state index is -1.38. The van der Waals surface area contributed by atoms with Crippen LogP contribution in [-0.2, 0) is 23.9 Å². The maximum Gasteiger partial charge on any atom is 0.408 e. The molecule has 0 heterocycles. The molecule has 11 heteroatoms. The zero-order chi connectivity index (χ0) is 26.1. The van der Waals surface area contributed by atoms with Crippen LogP contribution < -0.4 is 10.6 Å². The monoisotopic (exact) mass is 476 g/mol. The molecular weight excluding hydrogens is 444 g/mol. The number of amides is 3. The molecule has 0 aromatic heterocycles. The van der Waals surface area contributed by atoms with E-state index in [2.05, 4.69) is 15.4 Å². The molecule has 186 valence electrons. The third kappa shape index (κ3) is 8.61. The summed E-state index contributed by atoms with van der Waals surface area (Å²) in [6.07, 6.45) is -0.833. The van der Waals surface area contributed by atoms with Crippen molar-refractivity contribution in [2.45, 2.75) is 52.3 Å². The molecule has 0 saturated carbocycles. The molecule has 0 radical (unpaired) electrons. The lowest BCUT2D eigenvalue weighted by Crippen LogP contribution is -2.55. The number of aromatic hydroxyl groups is 1. The van der Waals surface area contributed by atoms with Crippen molar-refractivity contribution in [1.29, 1.82) is 5.26 Å². The number of esters is 1. The summed E-state index contributed by atoms with van der Waals surface area (Å²) in [4.78, 5) is 51.5. The van der Waals surface area contributed by atoms with Crippen molar-refractivity contribution in [3.63, 3.8) is 0 Å². The van der Waals surface area contributed by atoms with Gasteiger partial charge in [-0.05, 0) is 44.4 Å². The Morgan fingerprint density at radius 2 is 1.85 bits per heavy atom. The average Bonchev–Trinajstić information content (AvgIpc) is 2.73. The minimum absolute atomic E-state index is 0.167. The van der Waals surface area contributed by atoms with Crippen LogP contribution in [0.3, 0.4) is 0 Å². The van der Waals surface area contributed by atoms with Crippen molar-refractivity contribution in [3.8, 4) is 11.8 Å². The van der Waals surface area contributed by atoms with Gasteiger partial charge in [0.2, 0.25) is 11.8 Å². The van der Waals surface area contributed by atoms with E-state index in [4.69, 9.17) is 4.74 Å². The first-order valence-electron chi connectivity index (χ1n) is 10.6. The van der Waals surface area contributed by atoms with Gasteiger partial charge in [-0.25, -0.2) is 4.79 Å². The van der Waals surface area contributed by atoms with Crippen molar-refractivity contribution in [2.24, 2.45) is 5.92 Å². The molecule has 0 bridgehead atoms. The van der Waals surface area contributed by atoms with Crippen LogP contribution in [0.25, 0.3) is 0 Å². The second kappa shape index (κ2) is 12.4. The summed E-state index contributed by atoms with van der Waals surface area (Å²) < 4.78 is 9.77. The first kappa shape index (κ1) is 28.2. The molecule has 1 aromatic rings. The normalized spacial score (nSPS) is 12.6. The Morgan fingerprint density at radius 3 is 2.35 bits per heavy atom. The molecule has 1 rings (SSSR count). The summed E-state index contributed by atoms with van der Waals surface area (Å²) in [6, 6.07) is 4.96. The maximum atomic E-state index is 13.5. The fraction of sp³-hybridized carbons (Fsp3) is 0.522. The van der Waals surface area contributed by atoms with E-state index in [-0.39, 0.29) is 11.3 Å². The Balaban J connectivity index is 3.40. The van der Waals surface area contributed by atoms with Crippen molar-refractivity contribution in [3.05, 3.63) is 29.8 Å². The summed E-state index contributed by atoms with van der Waals surface area (Å²) in [7, 11) is 1.16. The maximum absolute atomic E-state index is 13.5. The van der Waals surface area contributed by atoms with Crippen LogP contribution in [0, 0.1) is 17.2 Å². The van der Waals surface area contributed by atoms with E-state index in [9.17, 15) is 29.5 Å². The summed E-state index contributed by atoms with van der Waals surface area (Å²) in [5.74, 6) is -2.81. The number of alkyl carbamates (subject to hydrolysis) is 1. The van der Waals surface area contributed by atoms with E-state index >= 15 is 0 Å². The van der Waals surface area contributed by atoms with Crippen LogP contribution in [0.2, 0.25) is 0 Å². The number of phenolic OH excluding ortho intramolecular Hbond substituents is 1. The molecule has 0 aliphatic carbocycles. The molecule has 3 amide bonds. The molecule has 2 unspecified atom stereocenters. The van der Waals surface area contributed by atoms with Gasteiger partial charge in [-0.3, -0.25) is 14.4 Å². The van der Waals surface area contributed by atoms with Crippen molar-refractivity contribution >= 4 is 23.9 Å². The Hall–Kier alpha value is -3.81. The predicted octanol–water partition coefficient (Wildman–Crippen LogP) is 1.62. The zero-order valence-corrected chi connectivity index (χ0v) is 20.2. The van der Waals surface area contributed by atoms with E-state index in [1.165, 1.54) is 24.3 Å². The Bertz CT molecular complexity index is 934. The molecule has 1 aromatic carbocycles. The Morgan fingerprint density at radius 1 is 1.21 bits per heavy atom. The molecule has 0 fully saturated rings. The molecule has 0 spiro atoms. The second-order valence-corrected chi connectivity index (χ2v) is 8.78. The lowest BCUT2D eigenvalue weighted by atomic mass is 9.98. The molecule has 0 aliphatic rings. The number of nitriles is 1. The van der Waals surface area contributed by atoms with E-state index in [1.54, 1.807) is 34.6 Å². The van der Waals surface area contributed by atoms with Crippen LogP contribution >= 0.6 is 0 Å². The number of methoxy groups -OCH3 is 1. The third-order valence-corrected chi connectivity index (χ3v) is 4.51. The van der Waals surface area contributed by atoms with E-state index < -0.39 is 60.6 Å². The number of nitrogens with one attached hydrogen (secondary N) is 2. The number of carbonyl (C=O) groups is 4. The van der Waals surface area contributed by atoms with Crippen LogP contribution in [0.15, 0.2) is 24.3 Å².